The first-order valence-electron chi connectivity index (χ1n) is 21.3. The lowest BCUT2D eigenvalue weighted by molar-refractivity contribution is -0.167. The van der Waals surface area contributed by atoms with Crippen LogP contribution in [0.3, 0.4) is 0 Å². The molecule has 0 saturated heterocycles. The molecule has 0 rings (SSSR count). The topological polar surface area (TPSA) is 78.9 Å². The number of rotatable bonds is 37. The van der Waals surface area contributed by atoms with Crippen LogP contribution in [0, 0.1) is 0 Å². The molecule has 52 heavy (non-hydrogen) atoms. The van der Waals surface area contributed by atoms with Gasteiger partial charge < -0.3 is 14.2 Å². The monoisotopic (exact) mass is 727 g/mol. The van der Waals surface area contributed by atoms with E-state index in [2.05, 4.69) is 57.2 Å². The van der Waals surface area contributed by atoms with Crippen LogP contribution in [-0.2, 0) is 28.6 Å². The minimum atomic E-state index is -0.789. The molecule has 0 aliphatic heterocycles. The van der Waals surface area contributed by atoms with Crippen LogP contribution >= 0.6 is 0 Å². The lowest BCUT2D eigenvalue weighted by Gasteiger charge is -2.18. The van der Waals surface area contributed by atoms with E-state index in [1.54, 1.807) is 0 Å². The van der Waals surface area contributed by atoms with Crippen molar-refractivity contribution in [2.45, 2.75) is 200 Å². The highest BCUT2D eigenvalue weighted by molar-refractivity contribution is 5.71. The molecule has 0 bridgehead atoms. The maximum absolute atomic E-state index is 12.6. The molecular weight excluding hydrogens is 648 g/mol. The number of hydrogen-bond acceptors (Lipinski definition) is 6. The SMILES string of the molecule is CC\C=C/C=C\C=C/C=C\CCCCCCCC(=O)OCC(COC(=O)CCC/C=C\CCCCCC)OC(=O)CCCCCCCCCCCC. The molecule has 6 nitrogen and oxygen atoms in total. The number of allylic oxidation sites excluding steroid dienone is 10. The summed E-state index contributed by atoms with van der Waals surface area (Å²) in [7, 11) is 0. The first kappa shape index (κ1) is 49.1. The van der Waals surface area contributed by atoms with Gasteiger partial charge in [0.1, 0.15) is 13.2 Å². The highest BCUT2D eigenvalue weighted by Gasteiger charge is 2.19. The van der Waals surface area contributed by atoms with Crippen LogP contribution in [0.1, 0.15) is 194 Å². The van der Waals surface area contributed by atoms with Crippen molar-refractivity contribution in [1.29, 1.82) is 0 Å². The minimum Gasteiger partial charge on any atom is -0.462 e. The quantitative estimate of drug-likeness (QED) is 0.0208. The molecule has 0 aliphatic carbocycles. The van der Waals surface area contributed by atoms with Crippen molar-refractivity contribution in [1.82, 2.24) is 0 Å². The molecule has 0 aromatic heterocycles. The van der Waals surface area contributed by atoms with E-state index in [0.717, 1.165) is 77.0 Å². The average molecular weight is 727 g/mol. The van der Waals surface area contributed by atoms with Gasteiger partial charge in [0.15, 0.2) is 6.10 Å². The van der Waals surface area contributed by atoms with Crippen LogP contribution < -0.4 is 0 Å². The van der Waals surface area contributed by atoms with E-state index in [4.69, 9.17) is 14.2 Å². The zero-order valence-corrected chi connectivity index (χ0v) is 33.8. The number of hydrogen-bond donors (Lipinski definition) is 0. The van der Waals surface area contributed by atoms with Gasteiger partial charge in [-0.2, -0.15) is 0 Å². The third-order valence-corrected chi connectivity index (χ3v) is 8.85. The summed E-state index contributed by atoms with van der Waals surface area (Å²) >= 11 is 0. The fourth-order valence-corrected chi connectivity index (χ4v) is 5.63. The molecule has 1 unspecified atom stereocenters. The Morgan fingerprint density at radius 3 is 1.33 bits per heavy atom. The van der Waals surface area contributed by atoms with Gasteiger partial charge in [-0.3, -0.25) is 14.4 Å². The van der Waals surface area contributed by atoms with Gasteiger partial charge in [-0.05, 0) is 57.8 Å². The Kier molecular flexibility index (Phi) is 38.6. The van der Waals surface area contributed by atoms with E-state index >= 15 is 0 Å². The van der Waals surface area contributed by atoms with Crippen LogP contribution in [0.2, 0.25) is 0 Å². The Morgan fingerprint density at radius 2 is 0.788 bits per heavy atom. The second-order valence-corrected chi connectivity index (χ2v) is 14.0. The number of esters is 3. The summed E-state index contributed by atoms with van der Waals surface area (Å²) in [6.07, 6.45) is 47.8. The van der Waals surface area contributed by atoms with Crippen LogP contribution in [0.5, 0.6) is 0 Å². The van der Waals surface area contributed by atoms with E-state index in [9.17, 15) is 14.4 Å². The number of carbonyl (C=O) groups excluding carboxylic acids is 3. The predicted molar refractivity (Wildman–Crippen MR) is 219 cm³/mol. The largest absolute Gasteiger partial charge is 0.462 e. The molecule has 298 valence electrons. The van der Waals surface area contributed by atoms with Gasteiger partial charge >= 0.3 is 17.9 Å². The van der Waals surface area contributed by atoms with Gasteiger partial charge in [-0.15, -0.1) is 0 Å². The summed E-state index contributed by atoms with van der Waals surface area (Å²) in [6, 6.07) is 0. The standard InChI is InChI=1S/C46H78O6/c1-4-7-10-13-16-19-21-22-23-24-25-28-30-33-36-39-45(48)51-42-43(41-50-44(47)38-35-32-29-26-18-15-12-9-6-3)52-46(49)40-37-34-31-27-20-17-14-11-8-5-2/h7,10,13,16,19,21-23,26,29,43H,4-6,8-9,11-12,14-15,17-18,20,24-25,27-28,30-42H2,1-3H3/b10-7-,16-13-,21-19-,23-22-,29-26-. The number of ether oxygens (including phenoxy) is 3. The smallest absolute Gasteiger partial charge is 0.306 e. The first-order valence-corrected chi connectivity index (χ1v) is 21.3. The highest BCUT2D eigenvalue weighted by atomic mass is 16.6. The average Bonchev–Trinajstić information content (AvgIpc) is 3.14. The summed E-state index contributed by atoms with van der Waals surface area (Å²) in [5.74, 6) is -0.959. The van der Waals surface area contributed by atoms with Gasteiger partial charge in [0.25, 0.3) is 0 Å². The zero-order chi connectivity index (χ0) is 38.0. The Bertz CT molecular complexity index is 975. The summed E-state index contributed by atoms with van der Waals surface area (Å²) in [6.45, 7) is 6.38. The third-order valence-electron chi connectivity index (χ3n) is 8.85. The normalized spacial score (nSPS) is 12.6. The van der Waals surface area contributed by atoms with Gasteiger partial charge in [-0.1, -0.05) is 178 Å². The maximum atomic E-state index is 12.6. The summed E-state index contributed by atoms with van der Waals surface area (Å²) in [5, 5.41) is 0. The van der Waals surface area contributed by atoms with E-state index < -0.39 is 6.10 Å². The van der Waals surface area contributed by atoms with Crippen molar-refractivity contribution in [2.75, 3.05) is 13.2 Å². The Morgan fingerprint density at radius 1 is 0.404 bits per heavy atom. The van der Waals surface area contributed by atoms with Crippen molar-refractivity contribution in [3.63, 3.8) is 0 Å². The Hall–Kier alpha value is -2.89. The molecule has 1 atom stereocenters. The molecule has 6 heteroatoms. The summed E-state index contributed by atoms with van der Waals surface area (Å²) in [5.41, 5.74) is 0. The predicted octanol–water partition coefficient (Wildman–Crippen LogP) is 13.4. The molecule has 0 radical (unpaired) electrons. The minimum absolute atomic E-state index is 0.0946. The Labute approximate surface area is 320 Å². The molecule has 0 saturated carbocycles. The van der Waals surface area contributed by atoms with Crippen LogP contribution in [-0.4, -0.2) is 37.2 Å². The van der Waals surface area contributed by atoms with Gasteiger partial charge in [-0.25, -0.2) is 0 Å². The van der Waals surface area contributed by atoms with Crippen LogP contribution in [0.15, 0.2) is 60.8 Å². The number of carbonyl (C=O) groups is 3. The molecule has 0 N–H and O–H groups in total. The summed E-state index contributed by atoms with van der Waals surface area (Å²) in [4.78, 5) is 37.5. The first-order chi connectivity index (χ1) is 25.5. The molecule has 0 amide bonds. The fourth-order valence-electron chi connectivity index (χ4n) is 5.63. The Balaban J connectivity index is 4.42. The third kappa shape index (κ3) is 38.3. The molecule has 0 fully saturated rings. The molecule has 0 heterocycles. The van der Waals surface area contributed by atoms with Crippen molar-refractivity contribution in [3.05, 3.63) is 60.8 Å². The molecule has 0 spiro atoms. The van der Waals surface area contributed by atoms with Crippen LogP contribution in [0.25, 0.3) is 0 Å². The molecule has 0 aromatic carbocycles. The second-order valence-electron chi connectivity index (χ2n) is 14.0. The van der Waals surface area contributed by atoms with Crippen molar-refractivity contribution >= 4 is 17.9 Å². The lowest BCUT2D eigenvalue weighted by atomic mass is 10.1. The van der Waals surface area contributed by atoms with E-state index in [-0.39, 0.29) is 31.1 Å². The van der Waals surface area contributed by atoms with Gasteiger partial charge in [0.2, 0.25) is 0 Å². The molecule has 0 aromatic rings. The van der Waals surface area contributed by atoms with Crippen molar-refractivity contribution < 1.29 is 28.6 Å². The zero-order valence-electron chi connectivity index (χ0n) is 33.8. The van der Waals surface area contributed by atoms with E-state index in [1.165, 1.54) is 70.6 Å². The number of unbranched alkanes of at least 4 members (excludes halogenated alkanes) is 19. The molecule has 0 aliphatic rings. The van der Waals surface area contributed by atoms with Crippen molar-refractivity contribution in [3.8, 4) is 0 Å². The van der Waals surface area contributed by atoms with Crippen LogP contribution in [0.4, 0.5) is 0 Å². The van der Waals surface area contributed by atoms with Gasteiger partial charge in [0, 0.05) is 19.3 Å². The lowest BCUT2D eigenvalue weighted by Crippen LogP contribution is -2.30. The summed E-state index contributed by atoms with van der Waals surface area (Å²) < 4.78 is 16.6. The highest BCUT2D eigenvalue weighted by Crippen LogP contribution is 2.13. The van der Waals surface area contributed by atoms with E-state index in [1.807, 2.05) is 24.3 Å². The molecular formula is C46H78O6. The second kappa shape index (κ2) is 40.9. The van der Waals surface area contributed by atoms with Gasteiger partial charge in [0.05, 0.1) is 0 Å². The van der Waals surface area contributed by atoms with E-state index in [0.29, 0.717) is 25.7 Å². The van der Waals surface area contributed by atoms with Crippen molar-refractivity contribution in [2.24, 2.45) is 0 Å². The fraction of sp³-hybridized carbons (Fsp3) is 0.717. The maximum Gasteiger partial charge on any atom is 0.306 e.